The van der Waals surface area contributed by atoms with Crippen LogP contribution in [0.4, 0.5) is 0 Å². The van der Waals surface area contributed by atoms with E-state index in [1.165, 1.54) is 0 Å². The molecule has 0 aromatic heterocycles. The maximum absolute atomic E-state index is 7.09. The number of amidine groups is 1. The van der Waals surface area contributed by atoms with Crippen LogP contribution in [0.1, 0.15) is 6.92 Å². The summed E-state index contributed by atoms with van der Waals surface area (Å²) in [5.41, 5.74) is 3.74. The Bertz CT molecular complexity index is 140. The van der Waals surface area contributed by atoms with E-state index < -0.39 is 0 Å². The van der Waals surface area contributed by atoms with Gasteiger partial charge in [-0.3, -0.25) is 0 Å². The van der Waals surface area contributed by atoms with E-state index in [-0.39, 0.29) is 0 Å². The molecule has 2 N–H and O–H groups in total. The predicted octanol–water partition coefficient (Wildman–Crippen LogP) is 0.0228. The van der Waals surface area contributed by atoms with E-state index >= 15 is 0 Å². The SMILES string of the molecule is CC1=NNC(=N)[Se]C1. The molecular weight excluding hydrogens is 169 g/mol. The molecule has 8 heavy (non-hydrogen) atoms. The Morgan fingerprint density at radius 1 is 1.88 bits per heavy atom. The van der Waals surface area contributed by atoms with Gasteiger partial charge in [0.15, 0.2) is 0 Å². The van der Waals surface area contributed by atoms with Gasteiger partial charge < -0.3 is 0 Å². The summed E-state index contributed by atoms with van der Waals surface area (Å²) in [6, 6.07) is 0. The minimum atomic E-state index is 0.325. The van der Waals surface area contributed by atoms with E-state index in [1.807, 2.05) is 6.92 Å². The van der Waals surface area contributed by atoms with E-state index in [1.54, 1.807) is 0 Å². The van der Waals surface area contributed by atoms with E-state index in [9.17, 15) is 0 Å². The molecule has 0 unspecified atom stereocenters. The van der Waals surface area contributed by atoms with E-state index in [0.717, 1.165) is 11.0 Å². The number of hydrogen-bond donors (Lipinski definition) is 2. The molecule has 0 aromatic rings. The monoisotopic (exact) mass is 177 g/mol. The van der Waals surface area contributed by atoms with Gasteiger partial charge in [-0.15, -0.1) is 0 Å². The van der Waals surface area contributed by atoms with Gasteiger partial charge in [-0.05, 0) is 0 Å². The standard InChI is InChI=1S/C4H7N3Se/c1-3-2-8-4(5)7-6-3/h2H2,1H3,(H2,5,7). The molecule has 0 bridgehead atoms. The molecule has 0 aromatic carbocycles. The van der Waals surface area contributed by atoms with E-state index in [0.29, 0.717) is 19.7 Å². The molecule has 0 atom stereocenters. The van der Waals surface area contributed by atoms with Crippen LogP contribution in [-0.2, 0) is 0 Å². The van der Waals surface area contributed by atoms with Crippen LogP contribution < -0.4 is 5.43 Å². The van der Waals surface area contributed by atoms with Gasteiger partial charge in [0.25, 0.3) is 0 Å². The third-order valence-corrected chi connectivity index (χ3v) is 2.75. The third kappa shape index (κ3) is 1.32. The zero-order valence-corrected chi connectivity index (χ0v) is 6.28. The zero-order valence-electron chi connectivity index (χ0n) is 4.56. The predicted molar refractivity (Wildman–Crippen MR) is 34.5 cm³/mol. The van der Waals surface area contributed by atoms with Crippen molar-refractivity contribution in [2.45, 2.75) is 12.2 Å². The summed E-state index contributed by atoms with van der Waals surface area (Å²) in [7, 11) is 0. The van der Waals surface area contributed by atoms with Gasteiger partial charge in [-0.2, -0.15) is 0 Å². The van der Waals surface area contributed by atoms with Crippen molar-refractivity contribution in [1.82, 2.24) is 5.43 Å². The van der Waals surface area contributed by atoms with Crippen molar-refractivity contribution in [3.8, 4) is 0 Å². The molecule has 44 valence electrons. The van der Waals surface area contributed by atoms with E-state index in [2.05, 4.69) is 10.5 Å². The number of hydrogen-bond acceptors (Lipinski definition) is 2. The second kappa shape index (κ2) is 2.29. The molecular formula is C4H7N3Se. The molecule has 1 aliphatic rings. The van der Waals surface area contributed by atoms with Crippen LogP contribution >= 0.6 is 0 Å². The van der Waals surface area contributed by atoms with Crippen molar-refractivity contribution in [1.29, 1.82) is 5.41 Å². The molecule has 0 saturated carbocycles. The molecule has 0 fully saturated rings. The van der Waals surface area contributed by atoms with Crippen molar-refractivity contribution in [3.05, 3.63) is 0 Å². The average molecular weight is 176 g/mol. The fourth-order valence-corrected chi connectivity index (χ4v) is 1.50. The van der Waals surface area contributed by atoms with Crippen LogP contribution in [0.25, 0.3) is 0 Å². The Hall–Kier alpha value is -0.341. The molecule has 0 amide bonds. The Kier molecular flexibility index (Phi) is 1.65. The van der Waals surface area contributed by atoms with Gasteiger partial charge in [0.05, 0.1) is 0 Å². The first-order chi connectivity index (χ1) is 3.79. The number of hydrazone groups is 1. The summed E-state index contributed by atoms with van der Waals surface area (Å²) in [5, 5.41) is 12.0. The summed E-state index contributed by atoms with van der Waals surface area (Å²) in [6.45, 7) is 1.97. The van der Waals surface area contributed by atoms with Crippen molar-refractivity contribution >= 4 is 25.4 Å². The van der Waals surface area contributed by atoms with Gasteiger partial charge >= 0.3 is 53.6 Å². The minimum absolute atomic E-state index is 0.325. The van der Waals surface area contributed by atoms with Gasteiger partial charge in [-0.1, -0.05) is 0 Å². The van der Waals surface area contributed by atoms with Crippen LogP contribution in [0.2, 0.25) is 5.32 Å². The van der Waals surface area contributed by atoms with Gasteiger partial charge in [0.1, 0.15) is 0 Å². The molecule has 0 saturated heterocycles. The third-order valence-electron chi connectivity index (χ3n) is 0.774. The number of rotatable bonds is 0. The second-order valence-corrected chi connectivity index (χ2v) is 3.64. The van der Waals surface area contributed by atoms with Crippen LogP contribution in [0.3, 0.4) is 0 Å². The van der Waals surface area contributed by atoms with Crippen molar-refractivity contribution in [2.24, 2.45) is 5.10 Å². The first-order valence-corrected chi connectivity index (χ1v) is 4.36. The summed E-state index contributed by atoms with van der Waals surface area (Å²) >= 11 is 0.325. The van der Waals surface area contributed by atoms with Gasteiger partial charge in [0, 0.05) is 0 Å². The number of nitrogens with one attached hydrogen (secondary N) is 2. The normalized spacial score (nSPS) is 19.6. The van der Waals surface area contributed by atoms with Crippen LogP contribution in [0.15, 0.2) is 5.10 Å². The van der Waals surface area contributed by atoms with Gasteiger partial charge in [-0.25, -0.2) is 0 Å². The molecule has 1 rings (SSSR count). The van der Waals surface area contributed by atoms with Crippen molar-refractivity contribution in [3.63, 3.8) is 0 Å². The quantitative estimate of drug-likeness (QED) is 0.502. The van der Waals surface area contributed by atoms with Crippen molar-refractivity contribution in [2.75, 3.05) is 0 Å². The van der Waals surface area contributed by atoms with Crippen LogP contribution in [0.5, 0.6) is 0 Å². The molecule has 0 aliphatic carbocycles. The Balaban J connectivity index is 2.55. The molecule has 1 heterocycles. The fourth-order valence-electron chi connectivity index (χ4n) is 0.387. The van der Waals surface area contributed by atoms with E-state index in [4.69, 9.17) is 5.41 Å². The first kappa shape index (κ1) is 5.79. The van der Waals surface area contributed by atoms with Crippen LogP contribution in [0, 0.1) is 5.41 Å². The Morgan fingerprint density at radius 2 is 2.62 bits per heavy atom. The molecule has 4 heteroatoms. The van der Waals surface area contributed by atoms with Crippen molar-refractivity contribution < 1.29 is 0 Å². The van der Waals surface area contributed by atoms with Gasteiger partial charge in [0.2, 0.25) is 0 Å². The fraction of sp³-hybridized carbons (Fsp3) is 0.500. The molecule has 0 radical (unpaired) electrons. The zero-order chi connectivity index (χ0) is 5.98. The second-order valence-electron chi connectivity index (χ2n) is 1.58. The Morgan fingerprint density at radius 3 is 3.00 bits per heavy atom. The topological polar surface area (TPSA) is 48.2 Å². The summed E-state index contributed by atoms with van der Waals surface area (Å²) < 4.78 is 0.586. The van der Waals surface area contributed by atoms with Crippen LogP contribution in [-0.4, -0.2) is 25.4 Å². The first-order valence-electron chi connectivity index (χ1n) is 2.29. The maximum atomic E-state index is 7.09. The summed E-state index contributed by atoms with van der Waals surface area (Å²) in [5.74, 6) is 0. The molecule has 1 aliphatic heterocycles. The average Bonchev–Trinajstić information content (AvgIpc) is 1.77. The molecule has 3 nitrogen and oxygen atoms in total. The summed E-state index contributed by atoms with van der Waals surface area (Å²) in [4.78, 5) is 0. The Labute approximate surface area is 54.2 Å². The summed E-state index contributed by atoms with van der Waals surface area (Å²) in [6.07, 6.45) is 0. The number of nitrogens with zero attached hydrogens (tertiary/aromatic N) is 1. The molecule has 0 spiro atoms.